The zero-order valence-electron chi connectivity index (χ0n) is 7.95. The molecular weight excluding hydrogens is 168 g/mol. The third kappa shape index (κ3) is 6.11. The van der Waals surface area contributed by atoms with Gasteiger partial charge >= 0.3 is 5.97 Å². The summed E-state index contributed by atoms with van der Waals surface area (Å²) in [6.07, 6.45) is 4.97. The van der Waals surface area contributed by atoms with E-state index in [1.54, 1.807) is 6.08 Å². The second-order valence-corrected chi connectivity index (χ2v) is 2.62. The van der Waals surface area contributed by atoms with Crippen LogP contribution in [0.15, 0.2) is 24.5 Å². The van der Waals surface area contributed by atoms with Gasteiger partial charge in [0.1, 0.15) is 0 Å². The summed E-state index contributed by atoms with van der Waals surface area (Å²) in [5.74, 6) is -0.418. The quantitative estimate of drug-likeness (QED) is 0.389. The second kappa shape index (κ2) is 7.55. The van der Waals surface area contributed by atoms with Gasteiger partial charge in [0, 0.05) is 12.2 Å². The van der Waals surface area contributed by atoms with Crippen molar-refractivity contribution in [2.24, 2.45) is 0 Å². The van der Waals surface area contributed by atoms with Crippen molar-refractivity contribution in [2.45, 2.75) is 26.2 Å². The molecule has 0 aliphatic heterocycles. The molecule has 0 aromatic heterocycles. The van der Waals surface area contributed by atoms with Gasteiger partial charge in [0.05, 0.1) is 6.26 Å². The second-order valence-electron chi connectivity index (χ2n) is 2.62. The first kappa shape index (κ1) is 11.9. The fourth-order valence-electron chi connectivity index (χ4n) is 0.684. The van der Waals surface area contributed by atoms with E-state index in [0.29, 0.717) is 18.4 Å². The van der Waals surface area contributed by atoms with Crippen molar-refractivity contribution in [3.8, 4) is 0 Å². The lowest BCUT2D eigenvalue weighted by Gasteiger charge is -2.01. The molecule has 0 amide bonds. The summed E-state index contributed by atoms with van der Waals surface area (Å²) < 4.78 is 4.74. The summed E-state index contributed by atoms with van der Waals surface area (Å²) in [4.78, 5) is 11.1. The average molecular weight is 184 g/mol. The molecule has 13 heavy (non-hydrogen) atoms. The molecule has 0 aliphatic carbocycles. The Balaban J connectivity index is 3.70. The number of carbonyl (C=O) groups is 1. The molecule has 0 saturated heterocycles. The monoisotopic (exact) mass is 184 g/mol. The highest BCUT2D eigenvalue weighted by molar-refractivity contribution is 5.88. The molecule has 0 heterocycles. The Labute approximate surface area is 78.7 Å². The number of ether oxygens (including phenoxy) is 1. The van der Waals surface area contributed by atoms with E-state index in [2.05, 4.69) is 6.58 Å². The predicted molar refractivity (Wildman–Crippen MR) is 51.0 cm³/mol. The van der Waals surface area contributed by atoms with Crippen molar-refractivity contribution in [3.05, 3.63) is 24.5 Å². The maximum Gasteiger partial charge on any atom is 0.338 e. The number of esters is 1. The number of rotatable bonds is 6. The van der Waals surface area contributed by atoms with Gasteiger partial charge in [-0.15, -0.1) is 0 Å². The first-order valence-electron chi connectivity index (χ1n) is 4.37. The molecule has 0 aromatic carbocycles. The Morgan fingerprint density at radius 2 is 2.31 bits per heavy atom. The molecule has 0 fully saturated rings. The van der Waals surface area contributed by atoms with Crippen LogP contribution in [0.5, 0.6) is 0 Å². The van der Waals surface area contributed by atoms with Crippen LogP contribution in [-0.4, -0.2) is 17.7 Å². The van der Waals surface area contributed by atoms with Gasteiger partial charge in [0.2, 0.25) is 0 Å². The fraction of sp³-hybridized carbons (Fsp3) is 0.500. The van der Waals surface area contributed by atoms with Gasteiger partial charge in [-0.3, -0.25) is 0 Å². The normalized spacial score (nSPS) is 10.3. The van der Waals surface area contributed by atoms with Crippen LogP contribution in [-0.2, 0) is 9.53 Å². The van der Waals surface area contributed by atoms with Gasteiger partial charge < -0.3 is 9.84 Å². The van der Waals surface area contributed by atoms with Gasteiger partial charge in [-0.2, -0.15) is 0 Å². The third-order valence-corrected chi connectivity index (χ3v) is 1.43. The topological polar surface area (TPSA) is 46.5 Å². The Morgan fingerprint density at radius 1 is 1.62 bits per heavy atom. The molecule has 0 atom stereocenters. The molecule has 3 nitrogen and oxygen atoms in total. The zero-order valence-corrected chi connectivity index (χ0v) is 7.95. The van der Waals surface area contributed by atoms with Gasteiger partial charge in [-0.25, -0.2) is 4.79 Å². The van der Waals surface area contributed by atoms with E-state index < -0.39 is 5.97 Å². The summed E-state index contributed by atoms with van der Waals surface area (Å²) in [5, 5.41) is 8.50. The molecule has 0 bridgehead atoms. The van der Waals surface area contributed by atoms with Crippen molar-refractivity contribution >= 4 is 5.97 Å². The highest BCUT2D eigenvalue weighted by atomic mass is 16.5. The van der Waals surface area contributed by atoms with Crippen LogP contribution in [0.1, 0.15) is 26.2 Å². The molecule has 0 aromatic rings. The minimum absolute atomic E-state index is 0.0666. The Hall–Kier alpha value is -1.09. The van der Waals surface area contributed by atoms with E-state index in [1.165, 1.54) is 6.26 Å². The molecular formula is C10H16O3. The lowest BCUT2D eigenvalue weighted by atomic mass is 10.2. The maximum absolute atomic E-state index is 11.1. The smallest absolute Gasteiger partial charge is 0.338 e. The first-order valence-corrected chi connectivity index (χ1v) is 4.37. The summed E-state index contributed by atoms with van der Waals surface area (Å²) >= 11 is 0. The van der Waals surface area contributed by atoms with Crippen LogP contribution in [0.4, 0.5) is 0 Å². The number of carbonyl (C=O) groups excluding carboxylic acids is 1. The molecule has 1 N–H and O–H groups in total. The number of hydrogen-bond acceptors (Lipinski definition) is 3. The van der Waals surface area contributed by atoms with Crippen LogP contribution in [0, 0.1) is 0 Å². The molecule has 0 saturated carbocycles. The summed E-state index contributed by atoms with van der Waals surface area (Å²) in [7, 11) is 0. The minimum Gasteiger partial charge on any atom is -0.431 e. The SMILES string of the molecule is C=C(CCCO)C(=O)OC=CCC. The Kier molecular flexibility index (Phi) is 6.92. The summed E-state index contributed by atoms with van der Waals surface area (Å²) in [5.41, 5.74) is 0.398. The molecule has 0 unspecified atom stereocenters. The average Bonchev–Trinajstić information content (AvgIpc) is 2.14. The van der Waals surface area contributed by atoms with E-state index in [4.69, 9.17) is 9.84 Å². The number of hydrogen-bond donors (Lipinski definition) is 1. The van der Waals surface area contributed by atoms with Crippen LogP contribution >= 0.6 is 0 Å². The Bertz CT molecular complexity index is 194. The zero-order chi connectivity index (χ0) is 10.1. The van der Waals surface area contributed by atoms with E-state index >= 15 is 0 Å². The van der Waals surface area contributed by atoms with Crippen LogP contribution in [0.3, 0.4) is 0 Å². The molecule has 0 aliphatic rings. The largest absolute Gasteiger partial charge is 0.431 e. The highest BCUT2D eigenvalue weighted by Gasteiger charge is 2.05. The van der Waals surface area contributed by atoms with Gasteiger partial charge in [-0.1, -0.05) is 13.5 Å². The summed E-state index contributed by atoms with van der Waals surface area (Å²) in [6, 6.07) is 0. The number of aliphatic hydroxyl groups excluding tert-OH is 1. The lowest BCUT2D eigenvalue weighted by Crippen LogP contribution is -2.03. The van der Waals surface area contributed by atoms with Crippen molar-refractivity contribution < 1.29 is 14.6 Å². The maximum atomic E-state index is 11.1. The first-order chi connectivity index (χ1) is 6.22. The lowest BCUT2D eigenvalue weighted by molar-refractivity contribution is -0.133. The standard InChI is InChI=1S/C10H16O3/c1-3-4-8-13-10(12)9(2)6-5-7-11/h4,8,11H,2-3,5-7H2,1H3. The Morgan fingerprint density at radius 3 is 2.85 bits per heavy atom. The van der Waals surface area contributed by atoms with Gasteiger partial charge in [-0.05, 0) is 25.3 Å². The van der Waals surface area contributed by atoms with Crippen LogP contribution < -0.4 is 0 Å². The predicted octanol–water partition coefficient (Wildman–Crippen LogP) is 1.78. The van der Waals surface area contributed by atoms with Crippen molar-refractivity contribution in [1.29, 1.82) is 0 Å². The van der Waals surface area contributed by atoms with E-state index in [1.807, 2.05) is 6.92 Å². The minimum atomic E-state index is -0.418. The highest BCUT2D eigenvalue weighted by Crippen LogP contribution is 2.04. The van der Waals surface area contributed by atoms with Crippen molar-refractivity contribution in [3.63, 3.8) is 0 Å². The number of aliphatic hydroxyl groups is 1. The third-order valence-electron chi connectivity index (χ3n) is 1.43. The number of allylic oxidation sites excluding steroid dienone is 1. The fourth-order valence-corrected chi connectivity index (χ4v) is 0.684. The van der Waals surface area contributed by atoms with Crippen molar-refractivity contribution in [1.82, 2.24) is 0 Å². The molecule has 0 spiro atoms. The van der Waals surface area contributed by atoms with E-state index in [9.17, 15) is 4.79 Å². The van der Waals surface area contributed by atoms with Crippen molar-refractivity contribution in [2.75, 3.05) is 6.61 Å². The molecule has 74 valence electrons. The van der Waals surface area contributed by atoms with E-state index in [-0.39, 0.29) is 6.61 Å². The molecule has 3 heteroatoms. The molecule has 0 radical (unpaired) electrons. The van der Waals surface area contributed by atoms with Crippen LogP contribution in [0.2, 0.25) is 0 Å². The summed E-state index contributed by atoms with van der Waals surface area (Å²) in [6.45, 7) is 5.57. The van der Waals surface area contributed by atoms with Gasteiger partial charge in [0.25, 0.3) is 0 Å². The van der Waals surface area contributed by atoms with E-state index in [0.717, 1.165) is 6.42 Å². The van der Waals surface area contributed by atoms with Crippen LogP contribution in [0.25, 0.3) is 0 Å². The van der Waals surface area contributed by atoms with Gasteiger partial charge in [0.15, 0.2) is 0 Å². The molecule has 0 rings (SSSR count).